The first kappa shape index (κ1) is 10.5. The van der Waals surface area contributed by atoms with Gasteiger partial charge in [0.1, 0.15) is 0 Å². The van der Waals surface area contributed by atoms with E-state index in [1.165, 1.54) is 0 Å². The second kappa shape index (κ2) is 3.64. The summed E-state index contributed by atoms with van der Waals surface area (Å²) >= 11 is 0. The number of piperidine rings is 1. The van der Waals surface area contributed by atoms with Crippen LogP contribution in [0.4, 0.5) is 0 Å². The van der Waals surface area contributed by atoms with E-state index in [4.69, 9.17) is 5.11 Å². The second-order valence-electron chi connectivity index (χ2n) is 4.00. The topological polar surface area (TPSA) is 60.8 Å². The maximum atomic E-state index is 10.7. The molecule has 0 aromatic rings. The fourth-order valence-corrected chi connectivity index (χ4v) is 1.86. The van der Waals surface area contributed by atoms with Gasteiger partial charge in [-0.1, -0.05) is 0 Å². The van der Waals surface area contributed by atoms with Gasteiger partial charge in [0.15, 0.2) is 0 Å². The van der Waals surface area contributed by atoms with Gasteiger partial charge in [-0.25, -0.2) is 0 Å². The molecule has 0 amide bonds. The van der Waals surface area contributed by atoms with Crippen LogP contribution in [-0.4, -0.2) is 46.8 Å². The van der Waals surface area contributed by atoms with E-state index < -0.39 is 17.5 Å². The standard InChI is InChI=1S/C9H17NO3/c1-7(8(11)12)9(13)4-3-5-10(2)6-9/h7,13H,3-6H2,1-2H3,(H,11,12). The molecule has 2 N–H and O–H groups in total. The highest BCUT2D eigenvalue weighted by molar-refractivity contribution is 5.71. The molecule has 2 atom stereocenters. The molecule has 1 fully saturated rings. The minimum Gasteiger partial charge on any atom is -0.481 e. The first-order valence-corrected chi connectivity index (χ1v) is 4.59. The van der Waals surface area contributed by atoms with Gasteiger partial charge in [0, 0.05) is 6.54 Å². The van der Waals surface area contributed by atoms with Crippen molar-refractivity contribution >= 4 is 5.97 Å². The summed E-state index contributed by atoms with van der Waals surface area (Å²) in [5.41, 5.74) is -1.04. The zero-order chi connectivity index (χ0) is 10.1. The third-order valence-corrected chi connectivity index (χ3v) is 2.87. The number of carboxylic acid groups (broad SMARTS) is 1. The second-order valence-corrected chi connectivity index (χ2v) is 4.00. The Hall–Kier alpha value is -0.610. The van der Waals surface area contributed by atoms with Crippen LogP contribution in [0.3, 0.4) is 0 Å². The van der Waals surface area contributed by atoms with Gasteiger partial charge in [0.25, 0.3) is 0 Å². The Labute approximate surface area is 78.2 Å². The van der Waals surface area contributed by atoms with Crippen molar-refractivity contribution in [2.24, 2.45) is 5.92 Å². The molecule has 1 aliphatic heterocycles. The number of likely N-dealkylation sites (tertiary alicyclic amines) is 1. The molecule has 4 heteroatoms. The zero-order valence-electron chi connectivity index (χ0n) is 8.16. The summed E-state index contributed by atoms with van der Waals surface area (Å²) in [7, 11) is 1.90. The van der Waals surface area contributed by atoms with Gasteiger partial charge in [0.05, 0.1) is 11.5 Å². The molecule has 13 heavy (non-hydrogen) atoms. The molecule has 0 bridgehead atoms. The van der Waals surface area contributed by atoms with Crippen molar-refractivity contribution in [3.05, 3.63) is 0 Å². The Kier molecular flexibility index (Phi) is 2.93. The summed E-state index contributed by atoms with van der Waals surface area (Å²) in [6.45, 7) is 2.97. The van der Waals surface area contributed by atoms with Gasteiger partial charge < -0.3 is 15.1 Å². The monoisotopic (exact) mass is 187 g/mol. The van der Waals surface area contributed by atoms with Crippen molar-refractivity contribution in [3.8, 4) is 0 Å². The number of hydrogen-bond acceptors (Lipinski definition) is 3. The van der Waals surface area contributed by atoms with Gasteiger partial charge >= 0.3 is 5.97 Å². The molecule has 0 aliphatic carbocycles. The van der Waals surface area contributed by atoms with E-state index in [9.17, 15) is 9.90 Å². The lowest BCUT2D eigenvalue weighted by Gasteiger charge is -2.39. The summed E-state index contributed by atoms with van der Waals surface area (Å²) in [5.74, 6) is -1.60. The smallest absolute Gasteiger partial charge is 0.309 e. The minimum atomic E-state index is -1.04. The van der Waals surface area contributed by atoms with Crippen molar-refractivity contribution in [2.75, 3.05) is 20.1 Å². The number of aliphatic carboxylic acids is 1. The van der Waals surface area contributed by atoms with Crippen molar-refractivity contribution in [1.29, 1.82) is 0 Å². The molecule has 76 valence electrons. The van der Waals surface area contributed by atoms with Crippen LogP contribution in [0.25, 0.3) is 0 Å². The molecular weight excluding hydrogens is 170 g/mol. The fraction of sp³-hybridized carbons (Fsp3) is 0.889. The lowest BCUT2D eigenvalue weighted by molar-refractivity contribution is -0.154. The molecule has 1 aliphatic rings. The Balaban J connectivity index is 2.68. The van der Waals surface area contributed by atoms with Crippen molar-refractivity contribution < 1.29 is 15.0 Å². The summed E-state index contributed by atoms with van der Waals surface area (Å²) in [4.78, 5) is 12.7. The van der Waals surface area contributed by atoms with Crippen molar-refractivity contribution in [3.63, 3.8) is 0 Å². The van der Waals surface area contributed by atoms with Crippen LogP contribution in [0, 0.1) is 5.92 Å². The SMILES string of the molecule is CC(C(=O)O)C1(O)CCCN(C)C1. The number of rotatable bonds is 2. The number of β-amino-alcohol motifs (C(OH)–C–C–N with tert-alkyl or cyclic N) is 1. The van der Waals surface area contributed by atoms with Gasteiger partial charge in [-0.05, 0) is 33.4 Å². The van der Waals surface area contributed by atoms with Crippen LogP contribution in [-0.2, 0) is 4.79 Å². The number of nitrogens with zero attached hydrogens (tertiary/aromatic N) is 1. The molecule has 1 saturated heterocycles. The van der Waals surface area contributed by atoms with Gasteiger partial charge in [-0.2, -0.15) is 0 Å². The molecule has 1 rings (SSSR count). The molecule has 0 saturated carbocycles. The highest BCUT2D eigenvalue weighted by Crippen LogP contribution is 2.27. The van der Waals surface area contributed by atoms with E-state index in [2.05, 4.69) is 0 Å². The van der Waals surface area contributed by atoms with Gasteiger partial charge in [-0.3, -0.25) is 4.79 Å². The molecule has 4 nitrogen and oxygen atoms in total. The molecule has 0 radical (unpaired) electrons. The normalized spacial score (nSPS) is 32.8. The minimum absolute atomic E-state index is 0.459. The molecule has 2 unspecified atom stereocenters. The van der Waals surface area contributed by atoms with Crippen molar-refractivity contribution in [1.82, 2.24) is 4.90 Å². The molecule has 0 spiro atoms. The number of hydrogen-bond donors (Lipinski definition) is 2. The lowest BCUT2D eigenvalue weighted by atomic mass is 9.82. The predicted octanol–water partition coefficient (Wildman–Crippen LogP) is 0.164. The number of carbonyl (C=O) groups is 1. The van der Waals surface area contributed by atoms with E-state index in [-0.39, 0.29) is 0 Å². The fourth-order valence-electron chi connectivity index (χ4n) is 1.86. The zero-order valence-corrected chi connectivity index (χ0v) is 8.16. The Morgan fingerprint density at radius 3 is 2.69 bits per heavy atom. The third kappa shape index (κ3) is 2.19. The average Bonchev–Trinajstić information content (AvgIpc) is 2.02. The first-order chi connectivity index (χ1) is 5.96. The molecular formula is C9H17NO3. The molecule has 1 heterocycles. The van der Waals surface area contributed by atoms with Gasteiger partial charge in [0.2, 0.25) is 0 Å². The van der Waals surface area contributed by atoms with Crippen LogP contribution in [0.2, 0.25) is 0 Å². The Bertz CT molecular complexity index is 207. The van der Waals surface area contributed by atoms with E-state index in [0.29, 0.717) is 13.0 Å². The van der Waals surface area contributed by atoms with Crippen LogP contribution in [0.5, 0.6) is 0 Å². The van der Waals surface area contributed by atoms with Gasteiger partial charge in [-0.15, -0.1) is 0 Å². The first-order valence-electron chi connectivity index (χ1n) is 4.59. The lowest BCUT2D eigenvalue weighted by Crippen LogP contribution is -2.52. The number of likely N-dealkylation sites (N-methyl/N-ethyl adjacent to an activating group) is 1. The van der Waals surface area contributed by atoms with Crippen LogP contribution < -0.4 is 0 Å². The van der Waals surface area contributed by atoms with E-state index in [0.717, 1.165) is 13.0 Å². The average molecular weight is 187 g/mol. The van der Waals surface area contributed by atoms with Crippen LogP contribution in [0.1, 0.15) is 19.8 Å². The largest absolute Gasteiger partial charge is 0.481 e. The summed E-state index contributed by atoms with van der Waals surface area (Å²) in [5, 5.41) is 18.9. The molecule has 0 aromatic carbocycles. The quantitative estimate of drug-likeness (QED) is 0.646. The summed E-state index contributed by atoms with van der Waals surface area (Å²) < 4.78 is 0. The number of carboxylic acids is 1. The maximum Gasteiger partial charge on any atom is 0.309 e. The third-order valence-electron chi connectivity index (χ3n) is 2.87. The highest BCUT2D eigenvalue weighted by atomic mass is 16.4. The van der Waals surface area contributed by atoms with E-state index in [1.54, 1.807) is 6.92 Å². The Morgan fingerprint density at radius 2 is 2.23 bits per heavy atom. The predicted molar refractivity (Wildman–Crippen MR) is 48.5 cm³/mol. The van der Waals surface area contributed by atoms with E-state index in [1.807, 2.05) is 11.9 Å². The van der Waals surface area contributed by atoms with Crippen molar-refractivity contribution in [2.45, 2.75) is 25.4 Å². The summed E-state index contributed by atoms with van der Waals surface area (Å²) in [6, 6.07) is 0. The molecule has 0 aromatic heterocycles. The maximum absolute atomic E-state index is 10.7. The van der Waals surface area contributed by atoms with Crippen LogP contribution in [0.15, 0.2) is 0 Å². The van der Waals surface area contributed by atoms with Crippen LogP contribution >= 0.6 is 0 Å². The summed E-state index contributed by atoms with van der Waals surface area (Å²) in [6.07, 6.45) is 1.45. The van der Waals surface area contributed by atoms with E-state index >= 15 is 0 Å². The highest BCUT2D eigenvalue weighted by Gasteiger charge is 2.40. The Morgan fingerprint density at radius 1 is 1.62 bits per heavy atom. The number of aliphatic hydroxyl groups is 1.